The summed E-state index contributed by atoms with van der Waals surface area (Å²) in [6, 6.07) is 0.382. The number of halogens is 5. The molecule has 3 aromatic heterocycles. The number of carboxylic acid groups (broad SMARTS) is 1. The molecule has 0 aliphatic carbocycles. The molecule has 11 nitrogen and oxygen atoms in total. The fraction of sp³-hybridized carbons (Fsp3) is 0.321. The van der Waals surface area contributed by atoms with Crippen LogP contribution in [-0.2, 0) is 23.0 Å². The highest BCUT2D eigenvalue weighted by Crippen LogP contribution is 2.33. The average molecular weight is 621 g/mol. The van der Waals surface area contributed by atoms with Crippen LogP contribution in [0.25, 0.3) is 16.9 Å². The molecule has 1 amide bonds. The van der Waals surface area contributed by atoms with Crippen molar-refractivity contribution in [2.75, 3.05) is 24.7 Å². The first kappa shape index (κ1) is 30.6. The van der Waals surface area contributed by atoms with Gasteiger partial charge in [-0.3, -0.25) is 9.59 Å². The van der Waals surface area contributed by atoms with Gasteiger partial charge < -0.3 is 29.0 Å². The van der Waals surface area contributed by atoms with Gasteiger partial charge in [-0.05, 0) is 31.2 Å². The molecule has 0 spiro atoms. The van der Waals surface area contributed by atoms with Crippen molar-refractivity contribution < 1.29 is 41.4 Å². The molecule has 2 atom stereocenters. The van der Waals surface area contributed by atoms with Crippen molar-refractivity contribution in [3.05, 3.63) is 81.8 Å². The van der Waals surface area contributed by atoms with Crippen LogP contribution in [0.2, 0.25) is 0 Å². The summed E-state index contributed by atoms with van der Waals surface area (Å²) in [6.45, 7) is 0.563. The van der Waals surface area contributed by atoms with E-state index >= 15 is 8.78 Å². The number of benzene rings is 1. The van der Waals surface area contributed by atoms with E-state index in [4.69, 9.17) is 4.74 Å². The lowest BCUT2D eigenvalue weighted by Crippen LogP contribution is -2.53. The number of aryl methyl sites for hydroxylation is 2. The van der Waals surface area contributed by atoms with Gasteiger partial charge in [-0.1, -0.05) is 0 Å². The van der Waals surface area contributed by atoms with Gasteiger partial charge in [0.25, 0.3) is 11.5 Å². The Balaban J connectivity index is 1.41. The fourth-order valence-corrected chi connectivity index (χ4v) is 5.12. The SMILES string of the molecule is Cc1cn(C)c(=O)c(-c2ccc(CC(NC(=O)c3c(F)cc(N4CCOC[C@@H]4C(F)(F)F)cc3F)C(=O)O)n3ccnc23)n1. The van der Waals surface area contributed by atoms with Gasteiger partial charge in [-0.15, -0.1) is 0 Å². The minimum atomic E-state index is -4.75. The van der Waals surface area contributed by atoms with E-state index in [-0.39, 0.29) is 36.5 Å². The van der Waals surface area contributed by atoms with Gasteiger partial charge in [0.1, 0.15) is 40.6 Å². The van der Waals surface area contributed by atoms with Gasteiger partial charge in [0.2, 0.25) is 0 Å². The number of carboxylic acids is 1. The number of aliphatic carboxylic acids is 1. The molecular formula is C28H25F5N6O5. The Hall–Kier alpha value is -4.86. The van der Waals surface area contributed by atoms with E-state index in [1.807, 2.05) is 0 Å². The molecule has 16 heteroatoms. The van der Waals surface area contributed by atoms with Crippen molar-refractivity contribution in [2.24, 2.45) is 7.05 Å². The van der Waals surface area contributed by atoms with Crippen LogP contribution in [0.1, 0.15) is 21.7 Å². The first-order chi connectivity index (χ1) is 20.8. The summed E-state index contributed by atoms with van der Waals surface area (Å²) in [6.07, 6.45) is -0.628. The van der Waals surface area contributed by atoms with Gasteiger partial charge in [0.15, 0.2) is 0 Å². The molecule has 1 saturated heterocycles. The minimum Gasteiger partial charge on any atom is -0.480 e. The van der Waals surface area contributed by atoms with Gasteiger partial charge in [0, 0.05) is 55.5 Å². The summed E-state index contributed by atoms with van der Waals surface area (Å²) < 4.78 is 78.2. The number of carbonyl (C=O) groups is 2. The average Bonchev–Trinajstić information content (AvgIpc) is 3.44. The molecule has 2 N–H and O–H groups in total. The van der Waals surface area contributed by atoms with E-state index in [0.29, 0.717) is 29.1 Å². The number of nitrogens with zero attached hydrogens (tertiary/aromatic N) is 5. The molecule has 0 bridgehead atoms. The normalized spacial score (nSPS) is 16.2. The van der Waals surface area contributed by atoms with Gasteiger partial charge in [0.05, 0.1) is 18.9 Å². The third-order valence-corrected chi connectivity index (χ3v) is 7.19. The maximum Gasteiger partial charge on any atom is 0.411 e. The number of fused-ring (bicyclic) bond motifs is 1. The summed E-state index contributed by atoms with van der Waals surface area (Å²) >= 11 is 0. The number of imidazole rings is 1. The summed E-state index contributed by atoms with van der Waals surface area (Å²) in [5, 5.41) is 11.9. The monoisotopic (exact) mass is 620 g/mol. The highest BCUT2D eigenvalue weighted by molar-refractivity contribution is 5.97. The maximum atomic E-state index is 15.0. The highest BCUT2D eigenvalue weighted by Gasteiger charge is 2.46. The molecule has 1 unspecified atom stereocenters. The third kappa shape index (κ3) is 5.84. The molecule has 1 aromatic carbocycles. The molecule has 232 valence electrons. The van der Waals surface area contributed by atoms with Gasteiger partial charge in [-0.25, -0.2) is 23.5 Å². The Labute approximate surface area is 245 Å². The Bertz CT molecular complexity index is 1800. The molecule has 0 radical (unpaired) electrons. The standard InChI is InChI=1S/C28H25F5N6O5/c1-14-12-37(2)26(41)23(35-14)17-4-3-15(39-6-5-34-24(17)39)11-20(27(42)43)36-25(40)22-18(29)9-16(10-19(22)30)38-7-8-44-13-21(38)28(31,32)33/h3-6,9-10,12,20-21H,7-8,11,13H2,1-2H3,(H,36,40)(H,42,43)/t20?,21-/m1/s1. The van der Waals surface area contributed by atoms with E-state index in [1.54, 1.807) is 20.2 Å². The van der Waals surface area contributed by atoms with Crippen molar-refractivity contribution >= 4 is 23.2 Å². The maximum absolute atomic E-state index is 15.0. The molecule has 1 fully saturated rings. The van der Waals surface area contributed by atoms with Crippen molar-refractivity contribution in [2.45, 2.75) is 31.6 Å². The number of alkyl halides is 3. The molecule has 5 rings (SSSR count). The van der Waals surface area contributed by atoms with Crippen LogP contribution in [0.4, 0.5) is 27.6 Å². The van der Waals surface area contributed by atoms with Crippen molar-refractivity contribution in [1.29, 1.82) is 0 Å². The van der Waals surface area contributed by atoms with E-state index in [2.05, 4.69) is 15.3 Å². The van der Waals surface area contributed by atoms with Crippen LogP contribution in [-0.4, -0.2) is 73.9 Å². The van der Waals surface area contributed by atoms with E-state index in [0.717, 1.165) is 4.90 Å². The second-order valence-electron chi connectivity index (χ2n) is 10.2. The second-order valence-corrected chi connectivity index (χ2v) is 10.2. The van der Waals surface area contributed by atoms with E-state index < -0.39 is 59.6 Å². The predicted octanol–water partition coefficient (Wildman–Crippen LogP) is 2.87. The number of nitrogens with one attached hydrogen (secondary N) is 1. The number of hydrogen-bond donors (Lipinski definition) is 2. The largest absolute Gasteiger partial charge is 0.480 e. The number of hydrogen-bond acceptors (Lipinski definition) is 7. The molecule has 44 heavy (non-hydrogen) atoms. The van der Waals surface area contributed by atoms with Crippen molar-refractivity contribution in [3.8, 4) is 11.3 Å². The summed E-state index contributed by atoms with van der Waals surface area (Å²) in [7, 11) is 1.57. The summed E-state index contributed by atoms with van der Waals surface area (Å²) in [5.74, 6) is -5.88. The number of carbonyl (C=O) groups excluding carboxylic acids is 1. The van der Waals surface area contributed by atoms with Crippen LogP contribution < -0.4 is 15.8 Å². The number of amides is 1. The number of rotatable bonds is 7. The number of pyridine rings is 1. The van der Waals surface area contributed by atoms with Crippen LogP contribution in [0.3, 0.4) is 0 Å². The Morgan fingerprint density at radius 2 is 1.91 bits per heavy atom. The molecule has 0 saturated carbocycles. The van der Waals surface area contributed by atoms with Crippen molar-refractivity contribution in [1.82, 2.24) is 24.3 Å². The van der Waals surface area contributed by atoms with Gasteiger partial charge >= 0.3 is 12.1 Å². The summed E-state index contributed by atoms with van der Waals surface area (Å²) in [5.41, 5.74) is -0.327. The quantitative estimate of drug-likeness (QED) is 0.302. The first-order valence-electron chi connectivity index (χ1n) is 13.2. The lowest BCUT2D eigenvalue weighted by molar-refractivity contribution is -0.167. The van der Waals surface area contributed by atoms with Gasteiger partial charge in [-0.2, -0.15) is 13.2 Å². The zero-order chi connectivity index (χ0) is 31.9. The molecule has 4 aromatic rings. The Morgan fingerprint density at radius 1 is 1.20 bits per heavy atom. The molecule has 1 aliphatic rings. The first-order valence-corrected chi connectivity index (χ1v) is 13.2. The topological polar surface area (TPSA) is 131 Å². The third-order valence-electron chi connectivity index (χ3n) is 7.19. The number of aromatic nitrogens is 4. The zero-order valence-electron chi connectivity index (χ0n) is 23.2. The Morgan fingerprint density at radius 3 is 2.57 bits per heavy atom. The number of anilines is 1. The summed E-state index contributed by atoms with van der Waals surface area (Å²) in [4.78, 5) is 47.1. The molecule has 1 aliphatic heterocycles. The number of ether oxygens (including phenoxy) is 1. The molecule has 4 heterocycles. The minimum absolute atomic E-state index is 0.109. The smallest absolute Gasteiger partial charge is 0.411 e. The van der Waals surface area contributed by atoms with Crippen LogP contribution in [0.15, 0.2) is 47.7 Å². The highest BCUT2D eigenvalue weighted by atomic mass is 19.4. The van der Waals surface area contributed by atoms with E-state index in [9.17, 15) is 32.7 Å². The van der Waals surface area contributed by atoms with E-state index in [1.165, 1.54) is 33.5 Å². The predicted molar refractivity (Wildman–Crippen MR) is 145 cm³/mol. The lowest BCUT2D eigenvalue weighted by Gasteiger charge is -2.38. The number of morpholine rings is 1. The molecular weight excluding hydrogens is 595 g/mol. The van der Waals surface area contributed by atoms with Crippen LogP contribution in [0, 0.1) is 18.6 Å². The Kier molecular flexibility index (Phi) is 8.11. The van der Waals surface area contributed by atoms with Crippen molar-refractivity contribution in [3.63, 3.8) is 0 Å². The fourth-order valence-electron chi connectivity index (χ4n) is 5.12. The second kappa shape index (κ2) is 11.7. The van der Waals surface area contributed by atoms with Crippen LogP contribution >= 0.6 is 0 Å². The zero-order valence-corrected chi connectivity index (χ0v) is 23.2. The lowest BCUT2D eigenvalue weighted by atomic mass is 10.1. The van der Waals surface area contributed by atoms with Crippen LogP contribution in [0.5, 0.6) is 0 Å².